The van der Waals surface area contributed by atoms with Crippen molar-refractivity contribution in [2.45, 2.75) is 31.3 Å². The number of aromatic nitrogens is 1. The van der Waals surface area contributed by atoms with Crippen LogP contribution in [0.3, 0.4) is 0 Å². The molecule has 0 aliphatic carbocycles. The van der Waals surface area contributed by atoms with Crippen molar-refractivity contribution in [1.82, 2.24) is 15.6 Å². The summed E-state index contributed by atoms with van der Waals surface area (Å²) in [6, 6.07) is 5.39. The van der Waals surface area contributed by atoms with E-state index in [0.29, 0.717) is 0 Å². The minimum atomic E-state index is -1.20. The number of H-pyrrole nitrogens is 1. The van der Waals surface area contributed by atoms with Crippen LogP contribution < -0.4 is 22.1 Å². The molecule has 10 nitrogen and oxygen atoms in total. The van der Waals surface area contributed by atoms with E-state index in [1.807, 2.05) is 24.3 Å². The number of carbonyl (C=O) groups excluding carboxylic acids is 3. The molecule has 8 N–H and O–H groups in total. The highest BCUT2D eigenvalue weighted by molar-refractivity contribution is 5.92. The smallest absolute Gasteiger partial charge is 0.322 e. The summed E-state index contributed by atoms with van der Waals surface area (Å²) in [5.74, 6) is -3.07. The molecule has 0 saturated carbocycles. The topological polar surface area (TPSA) is 180 Å². The molecule has 3 amide bonds. The van der Waals surface area contributed by atoms with E-state index in [1.165, 1.54) is 0 Å². The Hall–Kier alpha value is -3.40. The van der Waals surface area contributed by atoms with Gasteiger partial charge in [-0.1, -0.05) is 18.2 Å². The summed E-state index contributed by atoms with van der Waals surface area (Å²) in [5, 5.41) is 14.4. The maximum absolute atomic E-state index is 12.4. The lowest BCUT2D eigenvalue weighted by Gasteiger charge is -2.20. The van der Waals surface area contributed by atoms with E-state index in [0.717, 1.165) is 16.5 Å². The minimum absolute atomic E-state index is 0.0394. The summed E-state index contributed by atoms with van der Waals surface area (Å²) in [4.78, 5) is 49.4. The van der Waals surface area contributed by atoms with Crippen molar-refractivity contribution in [3.8, 4) is 0 Å². The first-order chi connectivity index (χ1) is 13.3. The lowest BCUT2D eigenvalue weighted by Crippen LogP contribution is -2.53. The van der Waals surface area contributed by atoms with Gasteiger partial charge in [-0.15, -0.1) is 0 Å². The molecule has 0 fully saturated rings. The molecule has 2 aromatic rings. The van der Waals surface area contributed by atoms with Gasteiger partial charge < -0.3 is 32.2 Å². The summed E-state index contributed by atoms with van der Waals surface area (Å²) in [6.45, 7) is -0.577. The summed E-state index contributed by atoms with van der Waals surface area (Å²) in [6.07, 6.45) is 1.83. The zero-order valence-corrected chi connectivity index (χ0v) is 15.1. The molecular weight excluding hydrogens is 366 g/mol. The zero-order chi connectivity index (χ0) is 20.7. The van der Waals surface area contributed by atoms with Gasteiger partial charge in [0.1, 0.15) is 12.6 Å². The number of carboxylic acid groups (broad SMARTS) is 1. The number of hydrogen-bond donors (Lipinski definition) is 6. The van der Waals surface area contributed by atoms with E-state index < -0.39 is 42.3 Å². The number of amides is 3. The quantitative estimate of drug-likeness (QED) is 0.303. The number of aromatic amines is 1. The second kappa shape index (κ2) is 9.51. The van der Waals surface area contributed by atoms with Crippen molar-refractivity contribution < 1.29 is 24.3 Å². The predicted molar refractivity (Wildman–Crippen MR) is 101 cm³/mol. The number of carbonyl (C=O) groups is 4. The van der Waals surface area contributed by atoms with Gasteiger partial charge in [0.05, 0.1) is 6.04 Å². The number of para-hydroxylation sites is 1. The molecule has 0 bridgehead atoms. The Labute approximate surface area is 160 Å². The summed E-state index contributed by atoms with van der Waals surface area (Å²) >= 11 is 0. The van der Waals surface area contributed by atoms with Crippen molar-refractivity contribution in [2.24, 2.45) is 11.5 Å². The fourth-order valence-electron chi connectivity index (χ4n) is 2.72. The molecule has 150 valence electrons. The van der Waals surface area contributed by atoms with Crippen LogP contribution in [0.15, 0.2) is 30.5 Å². The molecule has 0 aliphatic heterocycles. The van der Waals surface area contributed by atoms with Crippen LogP contribution in [0.4, 0.5) is 0 Å². The average molecular weight is 389 g/mol. The molecule has 1 aromatic heterocycles. The second-order valence-electron chi connectivity index (χ2n) is 6.35. The van der Waals surface area contributed by atoms with Crippen LogP contribution in [0.1, 0.15) is 18.4 Å². The molecule has 2 rings (SSSR count). The number of carboxylic acids is 1. The van der Waals surface area contributed by atoms with Gasteiger partial charge in [-0.3, -0.25) is 19.2 Å². The molecule has 10 heteroatoms. The molecule has 28 heavy (non-hydrogen) atoms. The summed E-state index contributed by atoms with van der Waals surface area (Å²) in [5.41, 5.74) is 12.4. The van der Waals surface area contributed by atoms with Gasteiger partial charge in [-0.25, -0.2) is 0 Å². The first-order valence-corrected chi connectivity index (χ1v) is 8.66. The Morgan fingerprint density at radius 3 is 2.54 bits per heavy atom. The molecule has 0 radical (unpaired) electrons. The highest BCUT2D eigenvalue weighted by atomic mass is 16.4. The van der Waals surface area contributed by atoms with E-state index in [-0.39, 0.29) is 19.3 Å². The standard InChI is InChI=1S/C18H23N5O5/c19-12(5-6-15(20)24)17(27)23-14(18(28)22-9-16(25)26)7-10-8-21-13-4-2-1-3-11(10)13/h1-4,8,12,14,21H,5-7,9,19H2,(H2,20,24)(H,22,28)(H,23,27)(H,25,26). The number of benzene rings is 1. The van der Waals surface area contributed by atoms with Gasteiger partial charge in [-0.2, -0.15) is 0 Å². The number of aliphatic carboxylic acids is 1. The van der Waals surface area contributed by atoms with E-state index in [9.17, 15) is 19.2 Å². The van der Waals surface area contributed by atoms with Crippen molar-refractivity contribution in [1.29, 1.82) is 0 Å². The van der Waals surface area contributed by atoms with Crippen LogP contribution in [-0.2, 0) is 25.6 Å². The van der Waals surface area contributed by atoms with Gasteiger partial charge in [-0.05, 0) is 18.1 Å². The van der Waals surface area contributed by atoms with Crippen molar-refractivity contribution in [3.05, 3.63) is 36.0 Å². The Morgan fingerprint density at radius 2 is 1.86 bits per heavy atom. The molecule has 2 unspecified atom stereocenters. The van der Waals surface area contributed by atoms with Crippen LogP contribution in [0, 0.1) is 0 Å². The predicted octanol–water partition coefficient (Wildman–Crippen LogP) is -1.01. The SMILES string of the molecule is NC(=O)CCC(N)C(=O)NC(Cc1c[nH]c2ccccc12)C(=O)NCC(=O)O. The number of primary amides is 1. The van der Waals surface area contributed by atoms with Gasteiger partial charge >= 0.3 is 5.97 Å². The zero-order valence-electron chi connectivity index (χ0n) is 15.1. The maximum Gasteiger partial charge on any atom is 0.322 e. The van der Waals surface area contributed by atoms with Crippen LogP contribution >= 0.6 is 0 Å². The molecule has 0 aliphatic rings. The summed E-state index contributed by atoms with van der Waals surface area (Å²) in [7, 11) is 0. The average Bonchev–Trinajstić information content (AvgIpc) is 3.06. The number of nitrogens with two attached hydrogens (primary N) is 2. The van der Waals surface area contributed by atoms with Gasteiger partial charge in [0.2, 0.25) is 17.7 Å². The number of fused-ring (bicyclic) bond motifs is 1. The van der Waals surface area contributed by atoms with E-state index >= 15 is 0 Å². The van der Waals surface area contributed by atoms with Crippen LogP contribution in [0.25, 0.3) is 10.9 Å². The van der Waals surface area contributed by atoms with Crippen LogP contribution in [0.5, 0.6) is 0 Å². The van der Waals surface area contributed by atoms with E-state index in [1.54, 1.807) is 6.20 Å². The molecule has 0 spiro atoms. The van der Waals surface area contributed by atoms with E-state index in [4.69, 9.17) is 16.6 Å². The van der Waals surface area contributed by atoms with Crippen molar-refractivity contribution in [2.75, 3.05) is 6.54 Å². The normalized spacial score (nSPS) is 12.9. The Morgan fingerprint density at radius 1 is 1.14 bits per heavy atom. The second-order valence-corrected chi connectivity index (χ2v) is 6.35. The Kier molecular flexibility index (Phi) is 7.10. The molecule has 2 atom stereocenters. The third-order valence-corrected chi connectivity index (χ3v) is 4.18. The third-order valence-electron chi connectivity index (χ3n) is 4.18. The monoisotopic (exact) mass is 389 g/mol. The molecule has 1 aromatic carbocycles. The van der Waals surface area contributed by atoms with Crippen molar-refractivity contribution >= 4 is 34.6 Å². The highest BCUT2D eigenvalue weighted by Crippen LogP contribution is 2.19. The largest absolute Gasteiger partial charge is 0.480 e. The third kappa shape index (κ3) is 5.81. The maximum atomic E-state index is 12.4. The first-order valence-electron chi connectivity index (χ1n) is 8.66. The van der Waals surface area contributed by atoms with Gasteiger partial charge in [0.15, 0.2) is 0 Å². The van der Waals surface area contributed by atoms with Crippen molar-refractivity contribution in [3.63, 3.8) is 0 Å². The Bertz CT molecular complexity index is 878. The molecule has 1 heterocycles. The first kappa shape index (κ1) is 20.9. The van der Waals surface area contributed by atoms with E-state index in [2.05, 4.69) is 15.6 Å². The fourth-order valence-corrected chi connectivity index (χ4v) is 2.72. The highest BCUT2D eigenvalue weighted by Gasteiger charge is 2.25. The van der Waals surface area contributed by atoms with Gasteiger partial charge in [0.25, 0.3) is 0 Å². The van der Waals surface area contributed by atoms with Gasteiger partial charge in [0, 0.05) is 29.9 Å². The lowest BCUT2D eigenvalue weighted by atomic mass is 10.0. The lowest BCUT2D eigenvalue weighted by molar-refractivity contribution is -0.138. The number of rotatable bonds is 10. The van der Waals surface area contributed by atoms with Crippen LogP contribution in [-0.4, -0.2) is 52.4 Å². The molecule has 0 saturated heterocycles. The number of nitrogens with one attached hydrogen (secondary N) is 3. The molecular formula is C18H23N5O5. The number of hydrogen-bond acceptors (Lipinski definition) is 5. The minimum Gasteiger partial charge on any atom is -0.480 e. The van der Waals surface area contributed by atoms with Crippen LogP contribution in [0.2, 0.25) is 0 Å². The Balaban J connectivity index is 2.14. The fraction of sp³-hybridized carbons (Fsp3) is 0.333. The summed E-state index contributed by atoms with van der Waals surface area (Å²) < 4.78 is 0.